The summed E-state index contributed by atoms with van der Waals surface area (Å²) < 4.78 is 51.3. The highest BCUT2D eigenvalue weighted by Gasteiger charge is 2.29. The number of nitrogens with one attached hydrogen (secondary N) is 2. The van der Waals surface area contributed by atoms with Gasteiger partial charge in [-0.2, -0.15) is 0 Å². The fraction of sp³-hybridized carbons (Fsp3) is 0.140. The third-order valence-electron chi connectivity index (χ3n) is 24.8. The van der Waals surface area contributed by atoms with E-state index in [0.29, 0.717) is 30.2 Å². The van der Waals surface area contributed by atoms with Gasteiger partial charge in [0.2, 0.25) is 11.8 Å². The summed E-state index contributed by atoms with van der Waals surface area (Å²) in [5.74, 6) is -1.88. The summed E-state index contributed by atoms with van der Waals surface area (Å²) in [6.07, 6.45) is 5.73. The Kier molecular flexibility index (Phi) is 26.6. The van der Waals surface area contributed by atoms with Gasteiger partial charge in [-0.15, -0.1) is 0 Å². The highest BCUT2D eigenvalue weighted by Crippen LogP contribution is 2.41. The molecule has 0 heterocycles. The first-order chi connectivity index (χ1) is 63.3. The lowest BCUT2D eigenvalue weighted by molar-refractivity contribution is -0.384. The number of nitrogens with zero attached hydrogens (tertiary/aromatic N) is 1. The first kappa shape index (κ1) is 88.0. The monoisotopic (exact) mass is 1770 g/mol. The molecule has 20 rings (SSSR count). The van der Waals surface area contributed by atoms with Gasteiger partial charge in [-0.05, 0) is 268 Å². The van der Waals surface area contributed by atoms with Crippen molar-refractivity contribution < 1.29 is 41.6 Å². The lowest BCUT2D eigenvalue weighted by atomic mass is 9.84. The van der Waals surface area contributed by atoms with E-state index in [0.717, 1.165) is 119 Å². The summed E-state index contributed by atoms with van der Waals surface area (Å²) >= 11 is 6.33. The van der Waals surface area contributed by atoms with Gasteiger partial charge in [-0.25, -0.2) is 16.8 Å². The summed E-state index contributed by atoms with van der Waals surface area (Å²) in [5.41, 5.74) is 7.16. The molecule has 20 aromatic carbocycles. The Hall–Kier alpha value is -14.0. The third-order valence-corrected chi connectivity index (χ3v) is 28.5. The van der Waals surface area contributed by atoms with Gasteiger partial charge in [0.15, 0.2) is 19.7 Å². The van der Waals surface area contributed by atoms with Crippen molar-refractivity contribution in [2.45, 2.75) is 75.0 Å². The van der Waals surface area contributed by atoms with E-state index in [2.05, 4.69) is 255 Å². The largest absolute Gasteiger partial charge is 0.395 e. The molecule has 0 bridgehead atoms. The normalized spacial score (nSPS) is 11.7. The highest BCUT2D eigenvalue weighted by molar-refractivity contribution is 7.92. The van der Waals surface area contributed by atoms with Gasteiger partial charge in [-0.1, -0.05) is 323 Å². The van der Waals surface area contributed by atoms with Crippen LogP contribution >= 0.6 is 11.6 Å². The maximum atomic E-state index is 14.6. The SMILES string of the molecule is CC(Cc1c2ccccc2cc2ccccc12)Cc1c2ccccc2cc2ccccc12.CCCc1c2ccccc2cc2ccccc12.O=C(CCc1c2ccccc2cc2ccccc12)Nc1cc([N+](=O)[O-])ccc1S(=O)(=O)CCO.O=C(Nc1cc(Cl)ccc1S(=O)(=O)CCO)C(Cc1c2ccccc2cc2ccccc12)Cc1c2ccccc2cc2ccccc12. The molecule has 0 saturated carbocycles. The summed E-state index contributed by atoms with van der Waals surface area (Å²) in [4.78, 5) is 37.6. The van der Waals surface area contributed by atoms with Crippen molar-refractivity contribution in [3.63, 3.8) is 0 Å². The zero-order valence-electron chi connectivity index (χ0n) is 72.1. The van der Waals surface area contributed by atoms with Crippen molar-refractivity contribution in [1.29, 1.82) is 0 Å². The minimum Gasteiger partial charge on any atom is -0.395 e. The lowest BCUT2D eigenvalue weighted by Gasteiger charge is -2.22. The van der Waals surface area contributed by atoms with Crippen LogP contribution in [0.3, 0.4) is 0 Å². The van der Waals surface area contributed by atoms with Crippen molar-refractivity contribution >= 4 is 189 Å². The molecule has 0 spiro atoms. The Balaban J connectivity index is 0.000000127. The Morgan fingerprint density at radius 3 is 0.869 bits per heavy atom. The van der Waals surface area contributed by atoms with E-state index in [1.165, 1.54) is 106 Å². The summed E-state index contributed by atoms with van der Waals surface area (Å²) in [7, 11) is -7.83. The van der Waals surface area contributed by atoms with E-state index in [1.54, 1.807) is 0 Å². The van der Waals surface area contributed by atoms with E-state index in [-0.39, 0.29) is 39.2 Å². The van der Waals surface area contributed by atoms with Gasteiger partial charge in [0.25, 0.3) is 5.69 Å². The number of nitro benzene ring substituents is 1. The fourth-order valence-corrected chi connectivity index (χ4v) is 21.4. The molecular weight excluding hydrogens is 1670 g/mol. The van der Waals surface area contributed by atoms with Crippen LogP contribution in [0, 0.1) is 22.0 Å². The molecule has 0 aliphatic rings. The molecule has 0 radical (unpaired) electrons. The average molecular weight is 1770 g/mol. The molecule has 0 saturated heterocycles. The van der Waals surface area contributed by atoms with Crippen molar-refractivity contribution in [2.75, 3.05) is 35.4 Å². The number of sulfone groups is 2. The molecule has 0 atom stereocenters. The second-order valence-corrected chi connectivity index (χ2v) is 37.9. The maximum absolute atomic E-state index is 14.6. The number of aliphatic hydroxyl groups excluding tert-OH is 2. The molecule has 4 N–H and O–H groups in total. The number of amides is 2. The first-order valence-corrected chi connectivity index (χ1v) is 47.7. The Labute approximate surface area is 760 Å². The van der Waals surface area contributed by atoms with Crippen LogP contribution in [-0.2, 0) is 67.8 Å². The highest BCUT2D eigenvalue weighted by atomic mass is 35.5. The molecule has 0 aromatic heterocycles. The number of hydrogen-bond donors (Lipinski definition) is 4. The standard InChI is InChI=1S/C40H32ClNO4S.C32H26.C25H22N2O6S.C17H16/c41-31-17-18-39(47(45,46)20-19-43)38(25-31)42-40(44)30(23-36-32-13-5-1-9-26(32)21-27-10-2-6-14-33(27)36)24-37-34-15-7-3-11-28(34)22-29-12-4-8-16-35(29)37;1-22(18-31-27-14-6-2-10-23(27)20-24-11-3-7-15-28(24)31)19-32-29-16-8-4-12-25(29)21-26-13-5-9-17-30(26)32;28-13-14-34(32,33)24-11-9-19(27(30)31)16-23(24)26-25(29)12-10-22-20-7-3-1-5-17(20)15-18-6-2-4-8-21(18)22;1-2-7-17-15-10-5-3-8-13(15)12-14-9-4-6-11-16(14)17/h1-18,21-22,25,30,43H,19-20,23-24H2,(H,42,44);2-17,20-22H,18-19H2,1H3;1-9,11,15-16,28H,10,12-14H2,(H,26,29);3-6,8-12H,2,7H2,1H3. The second-order valence-electron chi connectivity index (χ2n) is 33.4. The van der Waals surface area contributed by atoms with Gasteiger partial charge >= 0.3 is 0 Å². The first-order valence-electron chi connectivity index (χ1n) is 44.0. The molecule has 0 aliphatic heterocycles. The molecule has 20 aromatic rings. The summed E-state index contributed by atoms with van der Waals surface area (Å²) in [6.45, 7) is 3.51. The fourth-order valence-electron chi connectivity index (χ4n) is 18.9. The quantitative estimate of drug-likeness (QED) is 0.0270. The third kappa shape index (κ3) is 19.1. The number of rotatable bonds is 23. The van der Waals surface area contributed by atoms with Crippen LogP contribution in [-0.4, -0.2) is 68.5 Å². The number of fused-ring (bicyclic) bond motifs is 12. The molecular formula is C114H96ClN3O10S2. The van der Waals surface area contributed by atoms with Crippen LogP contribution in [0.5, 0.6) is 0 Å². The number of carbonyl (C=O) groups excluding carboxylic acids is 2. The predicted molar refractivity (Wildman–Crippen MR) is 539 cm³/mol. The number of aryl methyl sites for hydroxylation is 2. The van der Waals surface area contributed by atoms with Gasteiger partial charge in [0.1, 0.15) is 0 Å². The zero-order valence-corrected chi connectivity index (χ0v) is 74.5. The lowest BCUT2D eigenvalue weighted by Crippen LogP contribution is -2.28. The number of anilines is 2. The number of carbonyl (C=O) groups is 2. The number of hydrogen-bond acceptors (Lipinski definition) is 10. The van der Waals surface area contributed by atoms with E-state index >= 15 is 0 Å². The number of aliphatic hydroxyl groups is 2. The number of non-ortho nitro benzene ring substituents is 1. The minimum atomic E-state index is -3.94. The van der Waals surface area contributed by atoms with E-state index in [9.17, 15) is 41.6 Å². The number of halogens is 1. The van der Waals surface area contributed by atoms with Gasteiger partial charge in [0, 0.05) is 29.5 Å². The number of benzene rings is 20. The summed E-state index contributed by atoms with van der Waals surface area (Å²) in [5, 5.41) is 64.7. The molecule has 0 unspecified atom stereocenters. The Bertz CT molecular complexity index is 7430. The smallest absolute Gasteiger partial charge is 0.271 e. The van der Waals surface area contributed by atoms with Crippen LogP contribution < -0.4 is 10.6 Å². The van der Waals surface area contributed by atoms with Gasteiger partial charge in [-0.3, -0.25) is 19.7 Å². The summed E-state index contributed by atoms with van der Waals surface area (Å²) in [6, 6.07) is 122. The van der Waals surface area contributed by atoms with Crippen LogP contribution in [0.1, 0.15) is 60.1 Å². The van der Waals surface area contributed by atoms with Crippen LogP contribution in [0.4, 0.5) is 17.1 Å². The van der Waals surface area contributed by atoms with Crippen molar-refractivity contribution in [1.82, 2.24) is 0 Å². The average Bonchev–Trinajstić information content (AvgIpc) is 0.776. The van der Waals surface area contributed by atoms with E-state index in [1.807, 2.05) is 97.1 Å². The van der Waals surface area contributed by atoms with Crippen LogP contribution in [0.2, 0.25) is 5.02 Å². The molecule has 0 aliphatic carbocycles. The predicted octanol–water partition coefficient (Wildman–Crippen LogP) is 26.7. The molecule has 646 valence electrons. The van der Waals surface area contributed by atoms with E-state index in [4.69, 9.17) is 16.7 Å². The number of nitro groups is 1. The zero-order chi connectivity index (χ0) is 90.0. The molecule has 0 fully saturated rings. The molecule has 130 heavy (non-hydrogen) atoms. The Morgan fingerprint density at radius 2 is 0.592 bits per heavy atom. The van der Waals surface area contributed by atoms with Crippen molar-refractivity contribution in [3.8, 4) is 0 Å². The van der Waals surface area contributed by atoms with Gasteiger partial charge in [0.05, 0.1) is 50.8 Å². The van der Waals surface area contributed by atoms with Crippen LogP contribution in [0.15, 0.2) is 374 Å². The topological polar surface area (TPSA) is 210 Å². The Morgan fingerprint density at radius 1 is 0.338 bits per heavy atom. The van der Waals surface area contributed by atoms with Crippen molar-refractivity contribution in [3.05, 3.63) is 412 Å². The minimum absolute atomic E-state index is 0.0418. The van der Waals surface area contributed by atoms with Gasteiger partial charge < -0.3 is 20.8 Å². The molecule has 13 nitrogen and oxygen atoms in total. The van der Waals surface area contributed by atoms with E-state index < -0.39 is 61.1 Å². The van der Waals surface area contributed by atoms with Crippen molar-refractivity contribution in [2.24, 2.45) is 11.8 Å². The van der Waals surface area contributed by atoms with Crippen LogP contribution in [0.25, 0.3) is 129 Å². The molecule has 2 amide bonds. The molecule has 16 heteroatoms. The second kappa shape index (κ2) is 39.3. The maximum Gasteiger partial charge on any atom is 0.271 e.